The molecule has 1 aromatic carbocycles. The van der Waals surface area contributed by atoms with Crippen LogP contribution in [0.2, 0.25) is 0 Å². The molecule has 2 rings (SSSR count). The van der Waals surface area contributed by atoms with E-state index in [1.54, 1.807) is 6.92 Å². The van der Waals surface area contributed by atoms with Gasteiger partial charge in [-0.1, -0.05) is 6.92 Å². The van der Waals surface area contributed by atoms with Gasteiger partial charge in [0, 0.05) is 16.5 Å². The zero-order chi connectivity index (χ0) is 14.2. The second-order valence-corrected chi connectivity index (χ2v) is 5.84. The van der Waals surface area contributed by atoms with Crippen LogP contribution in [0.15, 0.2) is 15.3 Å². The number of rotatable bonds is 3. The van der Waals surface area contributed by atoms with Crippen molar-refractivity contribution < 1.29 is 9.15 Å². The molecule has 1 aromatic heterocycles. The Morgan fingerprint density at radius 2 is 1.89 bits per heavy atom. The van der Waals surface area contributed by atoms with Gasteiger partial charge in [0.15, 0.2) is 0 Å². The highest BCUT2D eigenvalue weighted by molar-refractivity contribution is 14.1. The van der Waals surface area contributed by atoms with Crippen molar-refractivity contribution in [1.82, 2.24) is 0 Å². The largest absolute Gasteiger partial charge is 0.492 e. The van der Waals surface area contributed by atoms with Gasteiger partial charge in [0.25, 0.3) is 0 Å². The molecule has 0 bridgehead atoms. The van der Waals surface area contributed by atoms with Gasteiger partial charge in [-0.05, 0) is 61.4 Å². The van der Waals surface area contributed by atoms with Gasteiger partial charge in [0.1, 0.15) is 11.3 Å². The van der Waals surface area contributed by atoms with Gasteiger partial charge < -0.3 is 9.15 Å². The smallest absolute Gasteiger partial charge is 0.339 e. The minimum Gasteiger partial charge on any atom is -0.492 e. The van der Waals surface area contributed by atoms with Crippen LogP contribution in [0.3, 0.4) is 0 Å². The molecule has 0 aliphatic rings. The third-order valence-electron chi connectivity index (χ3n) is 3.33. The molecule has 0 amide bonds. The third kappa shape index (κ3) is 2.50. The van der Waals surface area contributed by atoms with E-state index in [9.17, 15) is 4.79 Å². The van der Waals surface area contributed by atoms with Crippen LogP contribution in [0, 0.1) is 24.3 Å². The SMILES string of the molecule is CCCOc1c(I)cc2c(C)c(C)c(=O)oc2c1C. The molecular weight excluding hydrogens is 355 g/mol. The average molecular weight is 372 g/mol. The zero-order valence-corrected chi connectivity index (χ0v) is 13.8. The van der Waals surface area contributed by atoms with Crippen LogP contribution in [0.5, 0.6) is 5.75 Å². The van der Waals surface area contributed by atoms with Crippen molar-refractivity contribution in [2.24, 2.45) is 0 Å². The first-order valence-electron chi connectivity index (χ1n) is 6.33. The second kappa shape index (κ2) is 5.53. The molecule has 0 unspecified atom stereocenters. The summed E-state index contributed by atoms with van der Waals surface area (Å²) in [6, 6.07) is 2.03. The highest BCUT2D eigenvalue weighted by Gasteiger charge is 2.15. The molecule has 0 spiro atoms. The highest BCUT2D eigenvalue weighted by atomic mass is 127. The van der Waals surface area contributed by atoms with Gasteiger partial charge in [-0.25, -0.2) is 4.79 Å². The summed E-state index contributed by atoms with van der Waals surface area (Å²) < 4.78 is 12.3. The first kappa shape index (κ1) is 14.4. The van der Waals surface area contributed by atoms with E-state index in [2.05, 4.69) is 29.5 Å². The number of halogens is 1. The van der Waals surface area contributed by atoms with Gasteiger partial charge in [0.05, 0.1) is 10.2 Å². The van der Waals surface area contributed by atoms with Gasteiger partial charge >= 0.3 is 5.63 Å². The van der Waals surface area contributed by atoms with E-state index in [1.165, 1.54) is 0 Å². The summed E-state index contributed by atoms with van der Waals surface area (Å²) in [5.74, 6) is 0.821. The molecule has 1 heterocycles. The van der Waals surface area contributed by atoms with E-state index >= 15 is 0 Å². The first-order chi connectivity index (χ1) is 8.97. The molecule has 2 aromatic rings. The highest BCUT2D eigenvalue weighted by Crippen LogP contribution is 2.34. The molecule has 4 heteroatoms. The molecule has 0 N–H and O–H groups in total. The number of fused-ring (bicyclic) bond motifs is 1. The molecule has 3 nitrogen and oxygen atoms in total. The fraction of sp³-hybridized carbons (Fsp3) is 0.400. The summed E-state index contributed by atoms with van der Waals surface area (Å²) in [5, 5.41) is 0.989. The Hall–Kier alpha value is -1.04. The molecule has 0 aliphatic carbocycles. The molecule has 0 saturated heterocycles. The standard InChI is InChI=1S/C15H17IO3/c1-5-6-18-14-10(4)13-11(7-12(14)16)8(2)9(3)15(17)19-13/h7H,5-6H2,1-4H3. The number of ether oxygens (including phenoxy) is 1. The van der Waals surface area contributed by atoms with Crippen molar-refractivity contribution in [3.63, 3.8) is 0 Å². The Bertz CT molecular complexity index is 686. The predicted octanol–water partition coefficient (Wildman–Crippen LogP) is 4.11. The third-order valence-corrected chi connectivity index (χ3v) is 4.13. The molecule has 0 aliphatic heterocycles. The summed E-state index contributed by atoms with van der Waals surface area (Å²) in [7, 11) is 0. The number of aryl methyl sites for hydroxylation is 2. The lowest BCUT2D eigenvalue weighted by molar-refractivity contribution is 0.313. The Balaban J connectivity index is 2.77. The molecule has 0 fully saturated rings. The van der Waals surface area contributed by atoms with Crippen molar-refractivity contribution in [3.8, 4) is 5.75 Å². The van der Waals surface area contributed by atoms with E-state index in [1.807, 2.05) is 19.9 Å². The van der Waals surface area contributed by atoms with Crippen LogP contribution < -0.4 is 10.4 Å². The van der Waals surface area contributed by atoms with E-state index in [0.29, 0.717) is 17.8 Å². The lowest BCUT2D eigenvalue weighted by Crippen LogP contribution is -2.07. The summed E-state index contributed by atoms with van der Waals surface area (Å²) in [6.07, 6.45) is 0.949. The van der Waals surface area contributed by atoms with Crippen LogP contribution >= 0.6 is 22.6 Å². The second-order valence-electron chi connectivity index (χ2n) is 4.68. The topological polar surface area (TPSA) is 39.4 Å². The van der Waals surface area contributed by atoms with Gasteiger partial charge in [-0.3, -0.25) is 0 Å². The van der Waals surface area contributed by atoms with Crippen LogP contribution in [0.25, 0.3) is 11.0 Å². The van der Waals surface area contributed by atoms with Crippen molar-refractivity contribution in [2.75, 3.05) is 6.61 Å². The molecule has 0 radical (unpaired) electrons. The number of hydrogen-bond acceptors (Lipinski definition) is 3. The van der Waals surface area contributed by atoms with E-state index < -0.39 is 0 Å². The van der Waals surface area contributed by atoms with Gasteiger partial charge in [-0.15, -0.1) is 0 Å². The Labute approximate surface area is 126 Å². The molecule has 102 valence electrons. The summed E-state index contributed by atoms with van der Waals surface area (Å²) >= 11 is 2.27. The van der Waals surface area contributed by atoms with E-state index in [0.717, 1.165) is 32.3 Å². The Morgan fingerprint density at radius 3 is 2.53 bits per heavy atom. The van der Waals surface area contributed by atoms with E-state index in [-0.39, 0.29) is 5.63 Å². The maximum absolute atomic E-state index is 11.8. The Kier molecular flexibility index (Phi) is 4.18. The van der Waals surface area contributed by atoms with Gasteiger partial charge in [0.2, 0.25) is 0 Å². The predicted molar refractivity (Wildman–Crippen MR) is 85.2 cm³/mol. The van der Waals surface area contributed by atoms with Crippen LogP contribution in [-0.4, -0.2) is 6.61 Å². The van der Waals surface area contributed by atoms with Crippen LogP contribution in [0.4, 0.5) is 0 Å². The summed E-state index contributed by atoms with van der Waals surface area (Å²) in [4.78, 5) is 11.8. The van der Waals surface area contributed by atoms with Crippen molar-refractivity contribution in [2.45, 2.75) is 34.1 Å². The van der Waals surface area contributed by atoms with Crippen LogP contribution in [0.1, 0.15) is 30.0 Å². The van der Waals surface area contributed by atoms with Crippen molar-refractivity contribution >= 4 is 33.6 Å². The summed E-state index contributed by atoms with van der Waals surface area (Å²) in [5.41, 5.74) is 2.92. The lowest BCUT2D eigenvalue weighted by atomic mass is 10.0. The average Bonchev–Trinajstić information content (AvgIpc) is 2.38. The number of benzene rings is 1. The van der Waals surface area contributed by atoms with Gasteiger partial charge in [-0.2, -0.15) is 0 Å². The maximum atomic E-state index is 11.8. The first-order valence-corrected chi connectivity index (χ1v) is 7.41. The molecular formula is C15H17IO3. The van der Waals surface area contributed by atoms with Crippen molar-refractivity contribution in [3.05, 3.63) is 36.7 Å². The Morgan fingerprint density at radius 1 is 1.21 bits per heavy atom. The normalized spacial score (nSPS) is 11.0. The quantitative estimate of drug-likeness (QED) is 0.601. The molecule has 0 atom stereocenters. The minimum absolute atomic E-state index is 0.268. The molecule has 19 heavy (non-hydrogen) atoms. The maximum Gasteiger partial charge on any atom is 0.339 e. The number of hydrogen-bond donors (Lipinski definition) is 0. The minimum atomic E-state index is -0.268. The summed E-state index contributed by atoms with van der Waals surface area (Å²) in [6.45, 7) is 8.42. The lowest BCUT2D eigenvalue weighted by Gasteiger charge is -2.14. The molecule has 0 saturated carbocycles. The van der Waals surface area contributed by atoms with E-state index in [4.69, 9.17) is 9.15 Å². The monoisotopic (exact) mass is 372 g/mol. The fourth-order valence-corrected chi connectivity index (χ4v) is 2.93. The zero-order valence-electron chi connectivity index (χ0n) is 11.6. The van der Waals surface area contributed by atoms with Crippen molar-refractivity contribution in [1.29, 1.82) is 0 Å². The fourth-order valence-electron chi connectivity index (χ4n) is 2.06. The van der Waals surface area contributed by atoms with Crippen LogP contribution in [-0.2, 0) is 0 Å².